The lowest BCUT2D eigenvalue weighted by molar-refractivity contribution is -0.126. The highest BCUT2D eigenvalue weighted by Crippen LogP contribution is 2.46. The maximum atomic E-state index is 13.2. The summed E-state index contributed by atoms with van der Waals surface area (Å²) in [6.45, 7) is 3.88. The number of hydrogen-bond donors (Lipinski definition) is 2. The molecule has 3 heterocycles. The molecule has 5 nitrogen and oxygen atoms in total. The molecule has 2 aliphatic heterocycles. The summed E-state index contributed by atoms with van der Waals surface area (Å²) in [4.78, 5) is 31.5. The molecular weight excluding hydrogens is 338 g/mol. The average Bonchev–Trinajstić information content (AvgIpc) is 3.17. The zero-order valence-electron chi connectivity index (χ0n) is 15.3. The van der Waals surface area contributed by atoms with E-state index in [1.807, 2.05) is 56.3 Å². The number of carbonyl (C=O) groups excluding carboxylic acids is 2. The van der Waals surface area contributed by atoms with Crippen LogP contribution in [-0.4, -0.2) is 33.8 Å². The van der Waals surface area contributed by atoms with Crippen LogP contribution in [-0.2, 0) is 11.2 Å². The molecule has 0 saturated carbocycles. The summed E-state index contributed by atoms with van der Waals surface area (Å²) in [6, 6.07) is 15.1. The van der Waals surface area contributed by atoms with E-state index in [9.17, 15) is 9.59 Å². The molecule has 136 valence electrons. The number of nitrogens with zero attached hydrogens (tertiary/aromatic N) is 1. The van der Waals surface area contributed by atoms with Crippen molar-refractivity contribution in [2.24, 2.45) is 0 Å². The first-order chi connectivity index (χ1) is 13.1. The van der Waals surface area contributed by atoms with Crippen molar-refractivity contribution in [3.8, 4) is 0 Å². The van der Waals surface area contributed by atoms with Gasteiger partial charge in [0.1, 0.15) is 6.04 Å². The van der Waals surface area contributed by atoms with Gasteiger partial charge in [-0.3, -0.25) is 9.59 Å². The number of rotatable bonds is 2. The van der Waals surface area contributed by atoms with Gasteiger partial charge < -0.3 is 15.2 Å². The quantitative estimate of drug-likeness (QED) is 0.738. The van der Waals surface area contributed by atoms with Crippen molar-refractivity contribution >= 4 is 22.7 Å². The Balaban J connectivity index is 1.73. The topological polar surface area (TPSA) is 65.2 Å². The van der Waals surface area contributed by atoms with Gasteiger partial charge in [0.25, 0.3) is 5.91 Å². The van der Waals surface area contributed by atoms with Crippen molar-refractivity contribution in [2.45, 2.75) is 38.4 Å². The standard InChI is InChI=1S/C22H21N3O2/c1-12(2)23-21(26)18-11-16-13-7-5-6-10-17(13)24-19(16)20-14-8-3-4-9-15(14)22(27)25(18)20/h3-10,12,18,20,24H,11H2,1-2H3,(H,23,26)/t18-,20?/m0/s1. The molecular formula is C22H21N3O2. The number of aromatic nitrogens is 1. The van der Waals surface area contributed by atoms with Crippen molar-refractivity contribution in [1.29, 1.82) is 0 Å². The third kappa shape index (κ3) is 2.24. The van der Waals surface area contributed by atoms with E-state index >= 15 is 0 Å². The monoisotopic (exact) mass is 359 g/mol. The van der Waals surface area contributed by atoms with Crippen LogP contribution in [0.1, 0.15) is 47.1 Å². The summed E-state index contributed by atoms with van der Waals surface area (Å²) in [5, 5.41) is 4.13. The van der Waals surface area contributed by atoms with E-state index in [1.54, 1.807) is 4.90 Å². The Kier molecular flexibility index (Phi) is 3.41. The molecule has 2 N–H and O–H groups in total. The second-order valence-electron chi connectivity index (χ2n) is 7.65. The van der Waals surface area contributed by atoms with Gasteiger partial charge in [0, 0.05) is 34.6 Å². The maximum Gasteiger partial charge on any atom is 0.255 e. The maximum absolute atomic E-state index is 13.2. The van der Waals surface area contributed by atoms with Crippen LogP contribution in [0.2, 0.25) is 0 Å². The second-order valence-corrected chi connectivity index (χ2v) is 7.65. The minimum atomic E-state index is -0.510. The summed E-state index contributed by atoms with van der Waals surface area (Å²) >= 11 is 0. The lowest BCUT2D eigenvalue weighted by atomic mass is 9.90. The van der Waals surface area contributed by atoms with Gasteiger partial charge in [0.05, 0.1) is 6.04 Å². The summed E-state index contributed by atoms with van der Waals surface area (Å²) in [6.07, 6.45) is 0.522. The van der Waals surface area contributed by atoms with Gasteiger partial charge in [-0.25, -0.2) is 0 Å². The number of fused-ring (bicyclic) bond motifs is 7. The van der Waals surface area contributed by atoms with Crippen LogP contribution in [0.15, 0.2) is 48.5 Å². The number of carbonyl (C=O) groups is 2. The molecule has 0 radical (unpaired) electrons. The van der Waals surface area contributed by atoms with Crippen molar-refractivity contribution in [3.63, 3.8) is 0 Å². The summed E-state index contributed by atoms with van der Waals surface area (Å²) in [7, 11) is 0. The number of H-pyrrole nitrogens is 1. The minimum absolute atomic E-state index is 0.0281. The number of nitrogens with one attached hydrogen (secondary N) is 2. The molecule has 1 aromatic heterocycles. The van der Waals surface area contributed by atoms with Crippen LogP contribution in [0.4, 0.5) is 0 Å². The van der Waals surface area contributed by atoms with Crippen LogP contribution in [0, 0.1) is 0 Å². The van der Waals surface area contributed by atoms with E-state index in [1.165, 1.54) is 0 Å². The fourth-order valence-electron chi connectivity index (χ4n) is 4.52. The highest BCUT2D eigenvalue weighted by molar-refractivity contribution is 6.03. The van der Waals surface area contributed by atoms with Gasteiger partial charge in [0.2, 0.25) is 5.91 Å². The van der Waals surface area contributed by atoms with Gasteiger partial charge in [-0.1, -0.05) is 36.4 Å². The molecule has 0 saturated heterocycles. The van der Waals surface area contributed by atoms with Crippen LogP contribution in [0.25, 0.3) is 10.9 Å². The van der Waals surface area contributed by atoms with E-state index in [4.69, 9.17) is 0 Å². The molecule has 0 bridgehead atoms. The zero-order chi connectivity index (χ0) is 18.7. The van der Waals surface area contributed by atoms with E-state index < -0.39 is 6.04 Å². The van der Waals surface area contributed by atoms with Crippen LogP contribution < -0.4 is 5.32 Å². The summed E-state index contributed by atoms with van der Waals surface area (Å²) in [5.41, 5.74) is 4.88. The van der Waals surface area contributed by atoms with Crippen LogP contribution in [0.3, 0.4) is 0 Å². The Morgan fingerprint density at radius 2 is 1.89 bits per heavy atom. The Morgan fingerprint density at radius 1 is 1.15 bits per heavy atom. The summed E-state index contributed by atoms with van der Waals surface area (Å²) < 4.78 is 0. The fraction of sp³-hybridized carbons (Fsp3) is 0.273. The number of benzene rings is 2. The molecule has 0 spiro atoms. The molecule has 2 atom stereocenters. The molecule has 3 aromatic rings. The van der Waals surface area contributed by atoms with E-state index in [0.717, 1.165) is 27.7 Å². The lowest BCUT2D eigenvalue weighted by Crippen LogP contribution is -2.53. The minimum Gasteiger partial charge on any atom is -0.356 e. The molecule has 2 amide bonds. The SMILES string of the molecule is CC(C)NC(=O)[C@@H]1Cc2c([nH]c3ccccc23)C2c3ccccc3C(=O)N21. The molecule has 0 fully saturated rings. The first-order valence-electron chi connectivity index (χ1n) is 9.37. The van der Waals surface area contributed by atoms with Gasteiger partial charge in [-0.15, -0.1) is 0 Å². The predicted molar refractivity (Wildman–Crippen MR) is 104 cm³/mol. The fourth-order valence-corrected chi connectivity index (χ4v) is 4.52. The zero-order valence-corrected chi connectivity index (χ0v) is 15.3. The van der Waals surface area contributed by atoms with Crippen molar-refractivity contribution in [1.82, 2.24) is 15.2 Å². The number of aromatic amines is 1. The van der Waals surface area contributed by atoms with E-state index in [0.29, 0.717) is 12.0 Å². The van der Waals surface area contributed by atoms with E-state index in [-0.39, 0.29) is 23.9 Å². The van der Waals surface area contributed by atoms with Crippen LogP contribution in [0.5, 0.6) is 0 Å². The average molecular weight is 359 g/mol. The number of para-hydroxylation sites is 1. The molecule has 5 heteroatoms. The summed E-state index contributed by atoms with van der Waals surface area (Å²) in [5.74, 6) is -0.157. The van der Waals surface area contributed by atoms with Crippen molar-refractivity contribution < 1.29 is 9.59 Å². The first-order valence-corrected chi connectivity index (χ1v) is 9.37. The van der Waals surface area contributed by atoms with Gasteiger partial charge in [-0.2, -0.15) is 0 Å². The molecule has 1 unspecified atom stereocenters. The molecule has 0 aliphatic carbocycles. The Labute approximate surface area is 157 Å². The van der Waals surface area contributed by atoms with Crippen molar-refractivity contribution in [2.75, 3.05) is 0 Å². The molecule has 27 heavy (non-hydrogen) atoms. The van der Waals surface area contributed by atoms with Gasteiger partial charge in [-0.05, 0) is 37.1 Å². The Hall–Kier alpha value is -3.08. The van der Waals surface area contributed by atoms with Gasteiger partial charge in [0.15, 0.2) is 0 Å². The third-order valence-electron chi connectivity index (χ3n) is 5.59. The van der Waals surface area contributed by atoms with Gasteiger partial charge >= 0.3 is 0 Å². The smallest absolute Gasteiger partial charge is 0.255 e. The van der Waals surface area contributed by atoms with Crippen molar-refractivity contribution in [3.05, 3.63) is 70.9 Å². The number of hydrogen-bond acceptors (Lipinski definition) is 2. The highest BCUT2D eigenvalue weighted by atomic mass is 16.2. The molecule has 2 aliphatic rings. The lowest BCUT2D eigenvalue weighted by Gasteiger charge is -2.37. The van der Waals surface area contributed by atoms with E-state index in [2.05, 4.69) is 16.4 Å². The highest BCUT2D eigenvalue weighted by Gasteiger charge is 2.48. The molecule has 2 aromatic carbocycles. The normalized spacial score (nSPS) is 20.6. The van der Waals surface area contributed by atoms with Crippen LogP contribution >= 0.6 is 0 Å². The molecule has 5 rings (SSSR count). The Bertz CT molecular complexity index is 1080. The second kappa shape index (κ2) is 5.71. The third-order valence-corrected chi connectivity index (χ3v) is 5.59. The first kappa shape index (κ1) is 16.1. The number of amides is 2. The largest absolute Gasteiger partial charge is 0.356 e. The Morgan fingerprint density at radius 3 is 2.70 bits per heavy atom. The predicted octanol–water partition coefficient (Wildman–Crippen LogP) is 3.16.